The molecule has 1 heterocycles. The van der Waals surface area contributed by atoms with E-state index in [1.165, 1.54) is 4.90 Å². The maximum absolute atomic E-state index is 13.7. The molecule has 1 aromatic carbocycles. The van der Waals surface area contributed by atoms with Crippen LogP contribution in [0.25, 0.3) is 0 Å². The van der Waals surface area contributed by atoms with Crippen LogP contribution in [0.5, 0.6) is 5.75 Å². The Bertz CT molecular complexity index is 782. The average molecular weight is 478 g/mol. The molecule has 0 N–H and O–H groups in total. The van der Waals surface area contributed by atoms with E-state index >= 15 is 0 Å². The van der Waals surface area contributed by atoms with Crippen molar-refractivity contribution in [3.05, 3.63) is 29.8 Å². The predicted octanol–water partition coefficient (Wildman–Crippen LogP) is 4.24. The highest BCUT2D eigenvalue weighted by Gasteiger charge is 2.46. The lowest BCUT2D eigenvalue weighted by molar-refractivity contribution is -0.193. The van der Waals surface area contributed by atoms with Crippen LogP contribution in [0.1, 0.15) is 71.3 Å². The minimum absolute atomic E-state index is 0.105. The van der Waals surface area contributed by atoms with Gasteiger partial charge in [-0.2, -0.15) is 0 Å². The topological polar surface area (TPSA) is 91.4 Å². The molecule has 190 valence electrons. The van der Waals surface area contributed by atoms with E-state index in [1.54, 1.807) is 26.2 Å². The van der Waals surface area contributed by atoms with E-state index in [9.17, 15) is 14.4 Å². The monoisotopic (exact) mass is 477 g/mol. The molecule has 0 bridgehead atoms. The Morgan fingerprint density at radius 2 is 1.85 bits per heavy atom. The predicted molar refractivity (Wildman–Crippen MR) is 127 cm³/mol. The van der Waals surface area contributed by atoms with Gasteiger partial charge in [-0.05, 0) is 30.5 Å². The van der Waals surface area contributed by atoms with Crippen molar-refractivity contribution >= 4 is 18.2 Å². The summed E-state index contributed by atoms with van der Waals surface area (Å²) in [4.78, 5) is 40.1. The van der Waals surface area contributed by atoms with Crippen LogP contribution in [0.2, 0.25) is 0 Å². The Morgan fingerprint density at radius 1 is 1.15 bits per heavy atom. The van der Waals surface area contributed by atoms with Crippen LogP contribution in [0.15, 0.2) is 24.3 Å². The molecular formula is C26H39NO7. The lowest BCUT2D eigenvalue weighted by Crippen LogP contribution is -2.56. The van der Waals surface area contributed by atoms with Gasteiger partial charge in [-0.3, -0.25) is 19.3 Å². The second-order valence-corrected chi connectivity index (χ2v) is 8.59. The molecule has 0 aromatic heterocycles. The molecule has 0 radical (unpaired) electrons. The molecule has 34 heavy (non-hydrogen) atoms. The van der Waals surface area contributed by atoms with Crippen molar-refractivity contribution in [2.75, 3.05) is 20.3 Å². The van der Waals surface area contributed by atoms with E-state index in [4.69, 9.17) is 18.9 Å². The van der Waals surface area contributed by atoms with Crippen LogP contribution < -0.4 is 4.74 Å². The number of benzene rings is 1. The number of methoxy groups -OCH3 is 1. The summed E-state index contributed by atoms with van der Waals surface area (Å²) in [5.74, 6) is -0.604. The minimum atomic E-state index is -1.69. The molecule has 0 aliphatic carbocycles. The summed E-state index contributed by atoms with van der Waals surface area (Å²) in [6.07, 6.45) is 4.23. The molecule has 1 saturated heterocycles. The van der Waals surface area contributed by atoms with E-state index < -0.39 is 23.9 Å². The van der Waals surface area contributed by atoms with Gasteiger partial charge < -0.3 is 18.9 Å². The molecule has 1 aromatic rings. The highest BCUT2D eigenvalue weighted by molar-refractivity contribution is 5.85. The number of carbonyl (C=O) groups is 3. The zero-order valence-corrected chi connectivity index (χ0v) is 20.9. The zero-order valence-electron chi connectivity index (χ0n) is 20.9. The van der Waals surface area contributed by atoms with E-state index in [0.29, 0.717) is 31.5 Å². The number of unbranched alkanes of at least 4 members (excludes halogenated alkanes) is 2. The number of ether oxygens (including phenoxy) is 4. The van der Waals surface area contributed by atoms with E-state index in [2.05, 4.69) is 6.92 Å². The van der Waals surface area contributed by atoms with Gasteiger partial charge in [0.05, 0.1) is 19.6 Å². The summed E-state index contributed by atoms with van der Waals surface area (Å²) < 4.78 is 22.4. The molecule has 1 aliphatic heterocycles. The molecule has 1 fully saturated rings. The smallest absolute Gasteiger partial charge is 0.308 e. The maximum atomic E-state index is 13.7. The molecule has 2 rings (SSSR count). The molecule has 1 amide bonds. The molecule has 1 aliphatic rings. The summed E-state index contributed by atoms with van der Waals surface area (Å²) in [5, 5.41) is 0. The number of hydrogen-bond donors (Lipinski definition) is 0. The number of nitrogens with zero attached hydrogens (tertiary/aromatic N) is 1. The molecular weight excluding hydrogens is 438 g/mol. The van der Waals surface area contributed by atoms with Crippen molar-refractivity contribution in [2.24, 2.45) is 5.92 Å². The first-order chi connectivity index (χ1) is 16.4. The Kier molecular flexibility index (Phi) is 11.5. The van der Waals surface area contributed by atoms with Crippen molar-refractivity contribution in [3.8, 4) is 5.75 Å². The highest BCUT2D eigenvalue weighted by Crippen LogP contribution is 2.30. The van der Waals surface area contributed by atoms with Gasteiger partial charge in [0.15, 0.2) is 12.6 Å². The average Bonchev–Trinajstić information content (AvgIpc) is 3.34. The fourth-order valence-corrected chi connectivity index (χ4v) is 3.83. The number of amides is 1. The number of rotatable bonds is 15. The Balaban J connectivity index is 2.28. The van der Waals surface area contributed by atoms with Gasteiger partial charge in [0.25, 0.3) is 0 Å². The van der Waals surface area contributed by atoms with Crippen LogP contribution in [-0.4, -0.2) is 55.4 Å². The zero-order chi connectivity index (χ0) is 25.0. The Morgan fingerprint density at radius 3 is 2.44 bits per heavy atom. The lowest BCUT2D eigenvalue weighted by atomic mass is 10.0. The number of carbonyl (C=O) groups excluding carboxylic acids is 3. The molecule has 8 nitrogen and oxygen atoms in total. The van der Waals surface area contributed by atoms with Gasteiger partial charge in [0.1, 0.15) is 5.75 Å². The number of esters is 1. The second-order valence-electron chi connectivity index (χ2n) is 8.59. The van der Waals surface area contributed by atoms with E-state index in [0.717, 1.165) is 24.8 Å². The third kappa shape index (κ3) is 7.53. The van der Waals surface area contributed by atoms with Crippen molar-refractivity contribution in [1.82, 2.24) is 4.90 Å². The van der Waals surface area contributed by atoms with Crippen LogP contribution in [-0.2, 0) is 35.1 Å². The summed E-state index contributed by atoms with van der Waals surface area (Å²) >= 11 is 0. The lowest BCUT2D eigenvalue weighted by Gasteiger charge is -2.39. The summed E-state index contributed by atoms with van der Waals surface area (Å²) in [7, 11) is 1.58. The van der Waals surface area contributed by atoms with Crippen LogP contribution in [0.3, 0.4) is 0 Å². The second kappa shape index (κ2) is 14.1. The Hall–Kier alpha value is -2.45. The summed E-state index contributed by atoms with van der Waals surface area (Å²) in [5.41, 5.74) is -0.906. The number of hydrogen-bond acceptors (Lipinski definition) is 7. The Labute approximate surface area is 202 Å². The first-order valence-electron chi connectivity index (χ1n) is 12.3. The molecule has 0 saturated carbocycles. The van der Waals surface area contributed by atoms with Crippen LogP contribution in [0, 0.1) is 5.92 Å². The largest absolute Gasteiger partial charge is 0.497 e. The van der Waals surface area contributed by atoms with Crippen molar-refractivity contribution < 1.29 is 33.3 Å². The van der Waals surface area contributed by atoms with Gasteiger partial charge >= 0.3 is 5.97 Å². The molecule has 3 atom stereocenters. The quantitative estimate of drug-likeness (QED) is 0.161. The summed E-state index contributed by atoms with van der Waals surface area (Å²) in [6, 6.07) is 7.22. The van der Waals surface area contributed by atoms with Crippen LogP contribution >= 0.6 is 0 Å². The summed E-state index contributed by atoms with van der Waals surface area (Å²) in [6.45, 7) is 6.65. The SMILES string of the molecule is CCCCOC1CC(C(=O)N(Cc2ccc(OC)cc2)[C@](C=O)(CC)OC(=O)CCCC)CO1. The van der Waals surface area contributed by atoms with Gasteiger partial charge in [0, 0.05) is 32.4 Å². The first-order valence-corrected chi connectivity index (χ1v) is 12.3. The normalized spacial score (nSPS) is 19.3. The van der Waals surface area contributed by atoms with Crippen molar-refractivity contribution in [2.45, 2.75) is 84.3 Å². The fourth-order valence-electron chi connectivity index (χ4n) is 3.83. The maximum Gasteiger partial charge on any atom is 0.308 e. The highest BCUT2D eigenvalue weighted by atomic mass is 16.7. The van der Waals surface area contributed by atoms with Crippen molar-refractivity contribution in [3.63, 3.8) is 0 Å². The van der Waals surface area contributed by atoms with E-state index in [-0.39, 0.29) is 31.9 Å². The number of aldehydes is 1. The third-order valence-corrected chi connectivity index (χ3v) is 6.05. The fraction of sp³-hybridized carbons (Fsp3) is 0.654. The van der Waals surface area contributed by atoms with Crippen LogP contribution in [0.4, 0.5) is 0 Å². The molecule has 8 heteroatoms. The third-order valence-electron chi connectivity index (χ3n) is 6.05. The first kappa shape index (κ1) is 27.8. The molecule has 0 spiro atoms. The van der Waals surface area contributed by atoms with Crippen molar-refractivity contribution in [1.29, 1.82) is 0 Å². The molecule has 2 unspecified atom stereocenters. The van der Waals surface area contributed by atoms with Gasteiger partial charge in [0.2, 0.25) is 11.6 Å². The van der Waals surface area contributed by atoms with Gasteiger partial charge in [-0.1, -0.05) is 45.7 Å². The van der Waals surface area contributed by atoms with Gasteiger partial charge in [-0.15, -0.1) is 0 Å². The van der Waals surface area contributed by atoms with E-state index in [1.807, 2.05) is 19.1 Å². The van der Waals surface area contributed by atoms with Gasteiger partial charge in [-0.25, -0.2) is 0 Å². The minimum Gasteiger partial charge on any atom is -0.497 e. The standard InChI is InChI=1S/C26H39NO7/c1-5-8-10-23(29)34-26(7-3,19-28)27(17-20-11-13-22(31-4)14-12-20)25(30)21-16-24(33-18-21)32-15-9-6-2/h11-14,19,21,24H,5-10,15-18H2,1-4H3/t21?,24?,26-/m1/s1.